The van der Waals surface area contributed by atoms with Crippen LogP contribution < -0.4 is 0 Å². The smallest absolute Gasteiger partial charge is 0.328 e. The number of amides is 1. The first-order valence-corrected chi connectivity index (χ1v) is 9.46. The average molecular weight is 396 g/mol. The van der Waals surface area contributed by atoms with Crippen molar-refractivity contribution in [2.75, 3.05) is 13.2 Å². The lowest BCUT2D eigenvalue weighted by molar-refractivity contribution is -0.148. The van der Waals surface area contributed by atoms with Gasteiger partial charge in [0.15, 0.2) is 5.76 Å². The van der Waals surface area contributed by atoms with Crippen molar-refractivity contribution in [3.05, 3.63) is 54.6 Å². The molecule has 9 nitrogen and oxygen atoms in total. The van der Waals surface area contributed by atoms with E-state index in [0.29, 0.717) is 37.5 Å². The number of carbonyl (C=O) groups excluding carboxylic acids is 2. The normalized spacial score (nSPS) is 16.1. The van der Waals surface area contributed by atoms with Gasteiger partial charge in [0.25, 0.3) is 5.91 Å². The van der Waals surface area contributed by atoms with E-state index in [4.69, 9.17) is 13.7 Å². The first-order valence-electron chi connectivity index (χ1n) is 9.46. The number of likely N-dealkylation sites (tertiary alicyclic amines) is 1. The molecule has 1 amide bonds. The molecule has 1 fully saturated rings. The number of esters is 1. The summed E-state index contributed by atoms with van der Waals surface area (Å²) in [7, 11) is 0. The van der Waals surface area contributed by atoms with Gasteiger partial charge in [-0.15, -0.1) is 0 Å². The van der Waals surface area contributed by atoms with Crippen LogP contribution in [0, 0.1) is 0 Å². The molecule has 9 heteroatoms. The van der Waals surface area contributed by atoms with Crippen molar-refractivity contribution in [3.63, 3.8) is 0 Å². The van der Waals surface area contributed by atoms with Crippen molar-refractivity contribution in [1.82, 2.24) is 20.0 Å². The number of ether oxygens (including phenoxy) is 1. The summed E-state index contributed by atoms with van der Waals surface area (Å²) >= 11 is 0. The Kier molecular flexibility index (Phi) is 5.64. The molecule has 0 radical (unpaired) electrons. The molecular weight excluding hydrogens is 376 g/mol. The lowest BCUT2D eigenvalue weighted by Gasteiger charge is -2.22. The number of rotatable bonds is 7. The van der Waals surface area contributed by atoms with Crippen molar-refractivity contribution in [3.8, 4) is 11.4 Å². The van der Waals surface area contributed by atoms with Crippen molar-refractivity contribution in [1.29, 1.82) is 0 Å². The van der Waals surface area contributed by atoms with Gasteiger partial charge in [-0.1, -0.05) is 5.16 Å². The maximum absolute atomic E-state index is 12.4. The molecule has 4 rings (SSSR count). The second kappa shape index (κ2) is 8.68. The summed E-state index contributed by atoms with van der Waals surface area (Å²) in [5, 5.41) is 3.93. The van der Waals surface area contributed by atoms with Gasteiger partial charge in [0, 0.05) is 30.9 Å². The fraction of sp³-hybridized carbons (Fsp3) is 0.350. The van der Waals surface area contributed by atoms with Crippen LogP contribution in [0.15, 0.2) is 51.9 Å². The number of aryl methyl sites for hydroxylation is 1. The van der Waals surface area contributed by atoms with Gasteiger partial charge >= 0.3 is 5.97 Å². The summed E-state index contributed by atoms with van der Waals surface area (Å²) < 4.78 is 15.7. The zero-order chi connectivity index (χ0) is 20.1. The SMILES string of the molecule is O=C(OCCCc1nc(-c2cccnc2)no1)[C@@H]1CCCN1C(=O)c1ccco1. The Balaban J connectivity index is 1.25. The lowest BCUT2D eigenvalue weighted by atomic mass is 10.2. The van der Waals surface area contributed by atoms with E-state index >= 15 is 0 Å². The third kappa shape index (κ3) is 4.34. The number of aromatic nitrogens is 3. The fourth-order valence-corrected chi connectivity index (χ4v) is 3.26. The van der Waals surface area contributed by atoms with Gasteiger partial charge < -0.3 is 18.6 Å². The molecule has 4 heterocycles. The highest BCUT2D eigenvalue weighted by Gasteiger charge is 2.36. The van der Waals surface area contributed by atoms with Gasteiger partial charge in [-0.05, 0) is 43.5 Å². The maximum Gasteiger partial charge on any atom is 0.328 e. The van der Waals surface area contributed by atoms with Gasteiger partial charge in [-0.2, -0.15) is 4.98 Å². The van der Waals surface area contributed by atoms with Crippen LogP contribution in [0.4, 0.5) is 0 Å². The molecule has 150 valence electrons. The molecule has 1 atom stereocenters. The molecular formula is C20H20N4O5. The number of pyridine rings is 1. The average Bonchev–Trinajstić information content (AvgIpc) is 3.52. The van der Waals surface area contributed by atoms with Crippen molar-refractivity contribution >= 4 is 11.9 Å². The number of nitrogens with zero attached hydrogens (tertiary/aromatic N) is 4. The van der Waals surface area contributed by atoms with Crippen LogP contribution in [0.3, 0.4) is 0 Å². The predicted octanol–water partition coefficient (Wildman–Crippen LogP) is 2.51. The molecule has 0 saturated carbocycles. The molecule has 1 saturated heterocycles. The summed E-state index contributed by atoms with van der Waals surface area (Å²) in [6.07, 6.45) is 7.14. The quantitative estimate of drug-likeness (QED) is 0.442. The number of hydrogen-bond acceptors (Lipinski definition) is 8. The van der Waals surface area contributed by atoms with E-state index in [0.717, 1.165) is 12.0 Å². The summed E-state index contributed by atoms with van der Waals surface area (Å²) in [4.78, 5) is 34.7. The minimum Gasteiger partial charge on any atom is -0.464 e. The van der Waals surface area contributed by atoms with Crippen molar-refractivity contribution < 1.29 is 23.3 Å². The van der Waals surface area contributed by atoms with Crippen LogP contribution >= 0.6 is 0 Å². The number of furan rings is 1. The predicted molar refractivity (Wildman–Crippen MR) is 99.6 cm³/mol. The van der Waals surface area contributed by atoms with Crippen LogP contribution in [0.1, 0.15) is 35.7 Å². The van der Waals surface area contributed by atoms with Crippen LogP contribution in [0.5, 0.6) is 0 Å². The van der Waals surface area contributed by atoms with E-state index in [1.807, 2.05) is 6.07 Å². The van der Waals surface area contributed by atoms with Crippen LogP contribution in [0.2, 0.25) is 0 Å². The zero-order valence-corrected chi connectivity index (χ0v) is 15.7. The molecule has 29 heavy (non-hydrogen) atoms. The summed E-state index contributed by atoms with van der Waals surface area (Å²) in [5.41, 5.74) is 0.775. The molecule has 1 aliphatic heterocycles. The number of hydrogen-bond donors (Lipinski definition) is 0. The van der Waals surface area contributed by atoms with Gasteiger partial charge in [0.2, 0.25) is 11.7 Å². The summed E-state index contributed by atoms with van der Waals surface area (Å²) in [6, 6.07) is 6.31. The Morgan fingerprint density at radius 2 is 2.21 bits per heavy atom. The molecule has 0 aromatic carbocycles. The Bertz CT molecular complexity index is 954. The highest BCUT2D eigenvalue weighted by atomic mass is 16.5. The standard InChI is InChI=1S/C20H20N4O5/c25-19(16-7-3-11-27-16)24-10-2-6-15(24)20(26)28-12-4-8-17-22-18(23-29-17)14-5-1-9-21-13-14/h1,3,5,7,9,11,13,15H,2,4,6,8,10,12H2/t15-/m0/s1. The summed E-state index contributed by atoms with van der Waals surface area (Å²) in [6.45, 7) is 0.723. The van der Waals surface area contributed by atoms with E-state index < -0.39 is 12.0 Å². The minimum absolute atomic E-state index is 0.211. The molecule has 0 aliphatic carbocycles. The second-order valence-corrected chi connectivity index (χ2v) is 6.66. The first kappa shape index (κ1) is 18.9. The highest BCUT2D eigenvalue weighted by Crippen LogP contribution is 2.21. The molecule has 3 aromatic rings. The van der Waals surface area contributed by atoms with Crippen LogP contribution in [-0.2, 0) is 16.0 Å². The molecule has 0 spiro atoms. The van der Waals surface area contributed by atoms with Crippen LogP contribution in [-0.4, -0.2) is 51.1 Å². The van der Waals surface area contributed by atoms with E-state index in [2.05, 4.69) is 15.1 Å². The Morgan fingerprint density at radius 1 is 1.28 bits per heavy atom. The van der Waals surface area contributed by atoms with E-state index in [1.165, 1.54) is 11.2 Å². The third-order valence-corrected chi connectivity index (χ3v) is 4.68. The lowest BCUT2D eigenvalue weighted by Crippen LogP contribution is -2.41. The van der Waals surface area contributed by atoms with Crippen molar-refractivity contribution in [2.24, 2.45) is 0 Å². The highest BCUT2D eigenvalue weighted by molar-refractivity contribution is 5.94. The van der Waals surface area contributed by atoms with E-state index in [1.54, 1.807) is 30.6 Å². The topological polar surface area (TPSA) is 112 Å². The molecule has 0 N–H and O–H groups in total. The van der Waals surface area contributed by atoms with E-state index in [-0.39, 0.29) is 18.3 Å². The maximum atomic E-state index is 12.4. The van der Waals surface area contributed by atoms with Gasteiger partial charge in [-0.3, -0.25) is 9.78 Å². The minimum atomic E-state index is -0.576. The van der Waals surface area contributed by atoms with Gasteiger partial charge in [0.05, 0.1) is 12.9 Å². The second-order valence-electron chi connectivity index (χ2n) is 6.66. The first-order chi connectivity index (χ1) is 14.2. The number of carbonyl (C=O) groups is 2. The third-order valence-electron chi connectivity index (χ3n) is 4.68. The van der Waals surface area contributed by atoms with E-state index in [9.17, 15) is 9.59 Å². The van der Waals surface area contributed by atoms with Crippen LogP contribution in [0.25, 0.3) is 11.4 Å². The van der Waals surface area contributed by atoms with Crippen molar-refractivity contribution in [2.45, 2.75) is 31.7 Å². The molecule has 0 bridgehead atoms. The molecule has 3 aromatic heterocycles. The molecule has 0 unspecified atom stereocenters. The zero-order valence-electron chi connectivity index (χ0n) is 15.7. The van der Waals surface area contributed by atoms with Gasteiger partial charge in [0.1, 0.15) is 6.04 Å². The Hall–Kier alpha value is -3.49. The molecule has 1 aliphatic rings. The Morgan fingerprint density at radius 3 is 3.00 bits per heavy atom. The summed E-state index contributed by atoms with van der Waals surface area (Å²) in [5.74, 6) is 0.483. The Labute approximate surface area is 166 Å². The fourth-order valence-electron chi connectivity index (χ4n) is 3.26. The monoisotopic (exact) mass is 396 g/mol. The van der Waals surface area contributed by atoms with Gasteiger partial charge in [-0.25, -0.2) is 4.79 Å². The largest absolute Gasteiger partial charge is 0.464 e.